The summed E-state index contributed by atoms with van der Waals surface area (Å²) in [5, 5.41) is 14.1. The lowest BCUT2D eigenvalue weighted by molar-refractivity contribution is 0.0177. The summed E-state index contributed by atoms with van der Waals surface area (Å²) in [6, 6.07) is 3.26. The minimum atomic E-state index is -0.518. The van der Waals surface area contributed by atoms with Crippen LogP contribution in [0.2, 0.25) is 4.34 Å². The summed E-state index contributed by atoms with van der Waals surface area (Å²) in [7, 11) is 0. The average molecular weight is 484 g/mol. The van der Waals surface area contributed by atoms with Crippen LogP contribution in [-0.4, -0.2) is 52.3 Å². The molecule has 0 saturated carbocycles. The Kier molecular flexibility index (Phi) is 8.00. The molecule has 3 heterocycles. The number of hydrogen-bond donors (Lipinski definition) is 2. The predicted octanol–water partition coefficient (Wildman–Crippen LogP) is 4.72. The molecule has 176 valence electrons. The van der Waals surface area contributed by atoms with Gasteiger partial charge in [-0.3, -0.25) is 4.79 Å². The molecular formula is C21H30ClN5O4S. The number of ether oxygens (including phenoxy) is 1. The number of hydrogen-bond acceptors (Lipinski definition) is 8. The van der Waals surface area contributed by atoms with Crippen LogP contribution in [0.25, 0.3) is 0 Å². The summed E-state index contributed by atoms with van der Waals surface area (Å²) in [6.45, 7) is 9.37. The monoisotopic (exact) mass is 483 g/mol. The van der Waals surface area contributed by atoms with Gasteiger partial charge in [0, 0.05) is 19.6 Å². The van der Waals surface area contributed by atoms with Crippen molar-refractivity contribution in [3.8, 4) is 0 Å². The van der Waals surface area contributed by atoms with Crippen LogP contribution in [0.3, 0.4) is 0 Å². The van der Waals surface area contributed by atoms with E-state index in [1.54, 1.807) is 17.0 Å². The fourth-order valence-electron chi connectivity index (χ4n) is 3.50. The minimum absolute atomic E-state index is 0.235. The van der Waals surface area contributed by atoms with E-state index >= 15 is 0 Å². The number of piperidine rings is 1. The second kappa shape index (κ2) is 10.5. The van der Waals surface area contributed by atoms with Gasteiger partial charge in [-0.2, -0.15) is 0 Å². The number of halogens is 1. The molecule has 2 aromatic heterocycles. The van der Waals surface area contributed by atoms with Gasteiger partial charge in [-0.1, -0.05) is 16.7 Å². The van der Waals surface area contributed by atoms with E-state index in [2.05, 4.69) is 20.8 Å². The Morgan fingerprint density at radius 2 is 2.03 bits per heavy atom. The molecule has 1 atom stereocenters. The molecule has 0 aliphatic carbocycles. The van der Waals surface area contributed by atoms with E-state index in [4.69, 9.17) is 20.8 Å². The highest BCUT2D eigenvalue weighted by atomic mass is 35.5. The maximum absolute atomic E-state index is 12.8. The van der Waals surface area contributed by atoms with E-state index < -0.39 is 11.6 Å². The van der Waals surface area contributed by atoms with Gasteiger partial charge in [-0.25, -0.2) is 4.79 Å². The molecule has 1 fully saturated rings. The van der Waals surface area contributed by atoms with E-state index in [9.17, 15) is 9.59 Å². The Bertz CT molecular complexity index is 917. The molecule has 3 rings (SSSR count). The van der Waals surface area contributed by atoms with Crippen molar-refractivity contribution in [2.24, 2.45) is 5.92 Å². The Morgan fingerprint density at radius 1 is 1.31 bits per heavy atom. The van der Waals surface area contributed by atoms with Gasteiger partial charge in [0.25, 0.3) is 5.91 Å². The molecule has 1 aliphatic heterocycles. The van der Waals surface area contributed by atoms with Crippen LogP contribution in [0.5, 0.6) is 0 Å². The van der Waals surface area contributed by atoms with Gasteiger partial charge in [0.15, 0.2) is 0 Å². The largest absolute Gasteiger partial charge is 0.444 e. The third-order valence-electron chi connectivity index (χ3n) is 5.00. The summed E-state index contributed by atoms with van der Waals surface area (Å²) in [5.74, 6) is 0.396. The minimum Gasteiger partial charge on any atom is -0.444 e. The van der Waals surface area contributed by atoms with Gasteiger partial charge in [0.05, 0.1) is 9.21 Å². The molecule has 0 aromatic carbocycles. The molecule has 1 saturated heterocycles. The van der Waals surface area contributed by atoms with Gasteiger partial charge in [0.1, 0.15) is 11.6 Å². The number of rotatable bonds is 7. The highest BCUT2D eigenvalue weighted by molar-refractivity contribution is 7.18. The first-order valence-electron chi connectivity index (χ1n) is 10.8. The molecule has 0 spiro atoms. The van der Waals surface area contributed by atoms with Crippen LogP contribution >= 0.6 is 22.9 Å². The van der Waals surface area contributed by atoms with Crippen LogP contribution in [0.1, 0.15) is 68.6 Å². The summed E-state index contributed by atoms with van der Waals surface area (Å²) >= 11 is 7.19. The third-order valence-corrected chi connectivity index (χ3v) is 6.23. The topological polar surface area (TPSA) is 110 Å². The maximum Gasteiger partial charge on any atom is 0.410 e. The number of carbonyl (C=O) groups is 2. The molecule has 2 N–H and O–H groups in total. The Balaban J connectivity index is 1.65. The molecule has 2 amide bonds. The molecule has 11 heteroatoms. The van der Waals surface area contributed by atoms with Crippen LogP contribution in [0, 0.1) is 5.92 Å². The fourth-order valence-corrected chi connectivity index (χ4v) is 4.44. The molecule has 9 nitrogen and oxygen atoms in total. The molecule has 1 aliphatic rings. The summed E-state index contributed by atoms with van der Waals surface area (Å²) in [5.41, 5.74) is -0.518. The quantitative estimate of drug-likeness (QED) is 0.586. The lowest BCUT2D eigenvalue weighted by Gasteiger charge is -2.34. The first kappa shape index (κ1) is 24.3. The number of likely N-dealkylation sites (tertiary alicyclic amines) is 1. The van der Waals surface area contributed by atoms with E-state index in [0.29, 0.717) is 47.2 Å². The van der Waals surface area contributed by atoms with E-state index in [1.165, 1.54) is 11.3 Å². The first-order chi connectivity index (χ1) is 15.1. The smallest absolute Gasteiger partial charge is 0.410 e. The Morgan fingerprint density at radius 3 is 2.62 bits per heavy atom. The van der Waals surface area contributed by atoms with Gasteiger partial charge in [-0.05, 0) is 65.0 Å². The Labute approximate surface area is 196 Å². The number of anilines is 1. The van der Waals surface area contributed by atoms with E-state index in [1.807, 2.05) is 27.7 Å². The zero-order valence-corrected chi connectivity index (χ0v) is 20.4. The van der Waals surface area contributed by atoms with E-state index in [-0.39, 0.29) is 17.9 Å². The zero-order chi connectivity index (χ0) is 23.3. The van der Waals surface area contributed by atoms with Gasteiger partial charge >= 0.3 is 12.1 Å². The van der Waals surface area contributed by atoms with Crippen molar-refractivity contribution in [1.29, 1.82) is 0 Å². The van der Waals surface area contributed by atoms with Crippen molar-refractivity contribution in [3.05, 3.63) is 27.2 Å². The van der Waals surface area contributed by atoms with Crippen molar-refractivity contribution < 1.29 is 18.7 Å². The standard InChI is InChI=1S/C21H30ClN5O4S/c1-5-23-19-26-25-18(30-19)14(24-17(28)15-6-7-16(22)32-15)12-13-8-10-27(11-9-13)20(29)31-21(2,3)4/h6-7,13-14H,5,8-12H2,1-4H3,(H,23,26)(H,24,28). The van der Waals surface area contributed by atoms with Crippen LogP contribution < -0.4 is 10.6 Å². The second-order valence-electron chi connectivity index (χ2n) is 8.75. The molecule has 0 radical (unpaired) electrons. The number of aromatic nitrogens is 2. The SMILES string of the molecule is CCNc1nnc(C(CC2CCN(C(=O)OC(C)(C)C)CC2)NC(=O)c2ccc(Cl)s2)o1. The Hall–Kier alpha value is -2.33. The molecule has 0 bridgehead atoms. The summed E-state index contributed by atoms with van der Waals surface area (Å²) < 4.78 is 11.8. The number of carbonyl (C=O) groups excluding carboxylic acids is 2. The molecule has 2 aromatic rings. The van der Waals surface area contributed by atoms with Gasteiger partial charge < -0.3 is 24.7 Å². The molecule has 32 heavy (non-hydrogen) atoms. The van der Waals surface area contributed by atoms with Crippen LogP contribution in [0.4, 0.5) is 10.8 Å². The van der Waals surface area contributed by atoms with Crippen molar-refractivity contribution in [1.82, 2.24) is 20.4 Å². The predicted molar refractivity (Wildman–Crippen MR) is 123 cm³/mol. The number of nitrogens with one attached hydrogen (secondary N) is 2. The number of thiophene rings is 1. The van der Waals surface area contributed by atoms with Crippen molar-refractivity contribution >= 4 is 41.0 Å². The zero-order valence-electron chi connectivity index (χ0n) is 18.8. The normalized spacial score (nSPS) is 16.0. The summed E-state index contributed by atoms with van der Waals surface area (Å²) in [4.78, 5) is 27.3. The maximum atomic E-state index is 12.8. The highest BCUT2D eigenvalue weighted by Crippen LogP contribution is 2.30. The van der Waals surface area contributed by atoms with Crippen molar-refractivity contribution in [2.75, 3.05) is 25.0 Å². The average Bonchev–Trinajstić information content (AvgIpc) is 3.36. The third kappa shape index (κ3) is 6.83. The van der Waals surface area contributed by atoms with Crippen LogP contribution in [0.15, 0.2) is 16.5 Å². The van der Waals surface area contributed by atoms with E-state index in [0.717, 1.165) is 12.8 Å². The lowest BCUT2D eigenvalue weighted by atomic mass is 9.90. The molecular weight excluding hydrogens is 454 g/mol. The second-order valence-corrected chi connectivity index (χ2v) is 10.5. The van der Waals surface area contributed by atoms with Crippen LogP contribution in [-0.2, 0) is 4.74 Å². The number of nitrogens with zero attached hydrogens (tertiary/aromatic N) is 3. The van der Waals surface area contributed by atoms with Gasteiger partial charge in [0.2, 0.25) is 5.89 Å². The van der Waals surface area contributed by atoms with Crippen molar-refractivity contribution in [3.63, 3.8) is 0 Å². The lowest BCUT2D eigenvalue weighted by Crippen LogP contribution is -2.42. The fraction of sp³-hybridized carbons (Fsp3) is 0.619. The van der Waals surface area contributed by atoms with Gasteiger partial charge in [-0.15, -0.1) is 16.4 Å². The highest BCUT2D eigenvalue weighted by Gasteiger charge is 2.31. The number of amides is 2. The first-order valence-corrected chi connectivity index (χ1v) is 12.0. The van der Waals surface area contributed by atoms with Crippen molar-refractivity contribution in [2.45, 2.75) is 58.6 Å². The summed E-state index contributed by atoms with van der Waals surface area (Å²) in [6.07, 6.45) is 1.93. The molecule has 1 unspecified atom stereocenters.